The molecule has 0 fully saturated rings. The fourth-order valence-corrected chi connectivity index (χ4v) is 7.96. The van der Waals surface area contributed by atoms with E-state index in [1.807, 2.05) is 44.2 Å². The lowest BCUT2D eigenvalue weighted by atomic mass is 9.98. The van der Waals surface area contributed by atoms with Crippen molar-refractivity contribution in [3.63, 3.8) is 0 Å². The van der Waals surface area contributed by atoms with Gasteiger partial charge in [0.05, 0.1) is 42.1 Å². The molecule has 266 valence electrons. The molecule has 0 radical (unpaired) electrons. The second-order valence-electron chi connectivity index (χ2n) is 12.8. The van der Waals surface area contributed by atoms with Crippen LogP contribution in [0.1, 0.15) is 50.0 Å². The first-order valence-corrected chi connectivity index (χ1v) is 18.3. The number of hydrogen-bond donors (Lipinski definition) is 4. The topological polar surface area (TPSA) is 182 Å². The summed E-state index contributed by atoms with van der Waals surface area (Å²) < 4.78 is 36.2. The molecule has 3 atom stereocenters. The number of thiazole rings is 1. The number of ether oxygens (including phenoxy) is 1. The van der Waals surface area contributed by atoms with Crippen LogP contribution in [0, 0.1) is 11.8 Å². The molecule has 2 aromatic carbocycles. The highest BCUT2D eigenvalue weighted by atomic mass is 32.2. The van der Waals surface area contributed by atoms with Crippen LogP contribution in [0.25, 0.3) is 0 Å². The Balaban J connectivity index is 1.63. The maximum Gasteiger partial charge on any atom is 0.332 e. The van der Waals surface area contributed by atoms with Crippen LogP contribution in [0.2, 0.25) is 0 Å². The zero-order valence-corrected chi connectivity index (χ0v) is 30.0. The number of hydrogen-bond acceptors (Lipinski definition) is 10. The number of rotatable bonds is 17. The van der Waals surface area contributed by atoms with Crippen LogP contribution >= 0.6 is 11.3 Å². The van der Waals surface area contributed by atoms with Gasteiger partial charge in [-0.2, -0.15) is 4.31 Å². The lowest BCUT2D eigenvalue weighted by Crippen LogP contribution is -2.53. The molecular weight excluding hydrogens is 669 g/mol. The number of anilines is 1. The first kappa shape index (κ1) is 37.8. The number of imidazole rings is 1. The Labute approximate surface area is 291 Å². The van der Waals surface area contributed by atoms with E-state index in [4.69, 9.17) is 10.5 Å². The van der Waals surface area contributed by atoms with Crippen molar-refractivity contribution < 1.29 is 28.2 Å². The van der Waals surface area contributed by atoms with Gasteiger partial charge in [0.25, 0.3) is 0 Å². The summed E-state index contributed by atoms with van der Waals surface area (Å²) in [7, 11) is -2.47. The summed E-state index contributed by atoms with van der Waals surface area (Å²) in [6.45, 7) is 7.43. The van der Waals surface area contributed by atoms with Crippen LogP contribution in [0.3, 0.4) is 0 Å². The van der Waals surface area contributed by atoms with Crippen molar-refractivity contribution in [3.8, 4) is 5.88 Å². The fraction of sp³-hybridized carbons (Fsp3) is 0.441. The van der Waals surface area contributed by atoms with Gasteiger partial charge in [-0.3, -0.25) is 13.9 Å². The number of nitrogens with zero attached hydrogens (tertiary/aromatic N) is 4. The zero-order valence-electron chi connectivity index (χ0n) is 28.4. The minimum absolute atomic E-state index is 0.00612. The molecule has 0 aliphatic rings. The Kier molecular flexibility index (Phi) is 12.8. The van der Waals surface area contributed by atoms with E-state index < -0.39 is 45.7 Å². The van der Waals surface area contributed by atoms with Crippen LogP contribution in [-0.2, 0) is 39.1 Å². The average molecular weight is 715 g/mol. The van der Waals surface area contributed by atoms with E-state index in [1.54, 1.807) is 26.3 Å². The number of nitrogens with one attached hydrogen (secondary N) is 1. The standard InChI is InChI=1S/C34H46N6O7S2/c1-22(2)16-38(49(45,46)27-13-11-25(35)12-14-27)18-29(41)28(15-24-9-7-6-8-10-24)37-33(43)32(23(3)4)40-19-31(42)39(34(40)44)17-26-21-48-30(36-26)20-47-5/h6-14,19,21-23,28-29,32,41-42H,15-18,20,35H2,1-5H3,(H,37,43)/t28-,29+,32-/m0/s1. The Hall–Kier alpha value is -4.02. The quantitative estimate of drug-likeness (QED) is 0.119. The molecule has 0 saturated heterocycles. The molecule has 0 aliphatic heterocycles. The van der Waals surface area contributed by atoms with Crippen LogP contribution in [-0.4, -0.2) is 75.3 Å². The number of aliphatic hydroxyl groups is 1. The predicted molar refractivity (Wildman–Crippen MR) is 189 cm³/mol. The maximum atomic E-state index is 14.1. The van der Waals surface area contributed by atoms with Crippen LogP contribution in [0.4, 0.5) is 5.69 Å². The van der Waals surface area contributed by atoms with Gasteiger partial charge in [0, 0.05) is 31.3 Å². The van der Waals surface area contributed by atoms with E-state index in [0.717, 1.165) is 15.1 Å². The van der Waals surface area contributed by atoms with E-state index in [1.165, 1.54) is 50.7 Å². The first-order valence-electron chi connectivity index (χ1n) is 16.0. The van der Waals surface area contributed by atoms with Gasteiger partial charge in [-0.15, -0.1) is 11.3 Å². The SMILES string of the molecule is COCc1nc(Cn2c(O)cn([C@H](C(=O)N[C@@H](Cc3ccccc3)[C@H](O)CN(CC(C)C)S(=O)(=O)c3ccc(N)cc3)C(C)C)c2=O)cs1. The summed E-state index contributed by atoms with van der Waals surface area (Å²) in [6, 6.07) is 13.1. The number of benzene rings is 2. The largest absolute Gasteiger partial charge is 0.493 e. The van der Waals surface area contributed by atoms with E-state index in [-0.39, 0.29) is 42.7 Å². The number of methoxy groups -OCH3 is 1. The molecule has 0 saturated carbocycles. The molecular formula is C34H46N6O7S2. The number of aromatic hydroxyl groups is 1. The number of carbonyl (C=O) groups excluding carboxylic acids is 1. The molecule has 2 heterocycles. The Morgan fingerprint density at radius 2 is 1.76 bits per heavy atom. The molecule has 0 aliphatic carbocycles. The van der Waals surface area contributed by atoms with E-state index in [9.17, 15) is 28.2 Å². The van der Waals surface area contributed by atoms with Gasteiger partial charge in [-0.1, -0.05) is 58.0 Å². The summed E-state index contributed by atoms with van der Waals surface area (Å²) in [4.78, 5) is 32.2. The smallest absolute Gasteiger partial charge is 0.332 e. The van der Waals surface area contributed by atoms with Gasteiger partial charge >= 0.3 is 5.69 Å². The number of aliphatic hydroxyl groups excluding tert-OH is 1. The number of sulfonamides is 1. The van der Waals surface area contributed by atoms with Gasteiger partial charge in [-0.05, 0) is 48.1 Å². The van der Waals surface area contributed by atoms with Crippen molar-refractivity contribution in [2.24, 2.45) is 11.8 Å². The molecule has 5 N–H and O–H groups in total. The predicted octanol–water partition coefficient (Wildman–Crippen LogP) is 3.22. The first-order chi connectivity index (χ1) is 23.2. The van der Waals surface area contributed by atoms with Crippen molar-refractivity contribution in [3.05, 3.63) is 92.9 Å². The highest BCUT2D eigenvalue weighted by Crippen LogP contribution is 2.23. The highest BCUT2D eigenvalue weighted by Gasteiger charge is 2.34. The van der Waals surface area contributed by atoms with Gasteiger partial charge in [0.1, 0.15) is 11.0 Å². The Bertz CT molecular complexity index is 1840. The third-order valence-electron chi connectivity index (χ3n) is 7.94. The lowest BCUT2D eigenvalue weighted by molar-refractivity contribution is -0.127. The van der Waals surface area contributed by atoms with Gasteiger partial charge in [0.15, 0.2) is 0 Å². The molecule has 4 rings (SSSR count). The number of aromatic nitrogens is 3. The number of amides is 1. The molecule has 0 spiro atoms. The van der Waals surface area contributed by atoms with E-state index in [2.05, 4.69) is 10.3 Å². The summed E-state index contributed by atoms with van der Waals surface area (Å²) in [5, 5.41) is 27.9. The van der Waals surface area contributed by atoms with Crippen molar-refractivity contribution in [2.75, 3.05) is 25.9 Å². The van der Waals surface area contributed by atoms with E-state index in [0.29, 0.717) is 18.0 Å². The third kappa shape index (κ3) is 9.57. The minimum atomic E-state index is -4.03. The van der Waals surface area contributed by atoms with Crippen LogP contribution < -0.4 is 16.7 Å². The van der Waals surface area contributed by atoms with Gasteiger partial charge in [0.2, 0.25) is 21.8 Å². The minimum Gasteiger partial charge on any atom is -0.493 e. The number of nitrogen functional groups attached to an aromatic ring is 1. The second kappa shape index (κ2) is 16.6. The average Bonchev–Trinajstić information content (AvgIpc) is 3.60. The summed E-state index contributed by atoms with van der Waals surface area (Å²) >= 11 is 1.37. The van der Waals surface area contributed by atoms with Crippen molar-refractivity contribution in [1.82, 2.24) is 23.7 Å². The van der Waals surface area contributed by atoms with Crippen molar-refractivity contribution >= 4 is 33.0 Å². The van der Waals surface area contributed by atoms with Crippen molar-refractivity contribution in [1.29, 1.82) is 0 Å². The summed E-state index contributed by atoms with van der Waals surface area (Å²) in [5.41, 5.74) is 6.97. The van der Waals surface area contributed by atoms with Crippen molar-refractivity contribution in [2.45, 2.75) is 70.4 Å². The monoisotopic (exact) mass is 714 g/mol. The molecule has 13 nitrogen and oxygen atoms in total. The molecule has 0 bridgehead atoms. The number of carbonyl (C=O) groups is 1. The van der Waals surface area contributed by atoms with Crippen LogP contribution in [0.15, 0.2) is 75.9 Å². The lowest BCUT2D eigenvalue weighted by Gasteiger charge is -2.32. The second-order valence-corrected chi connectivity index (χ2v) is 15.7. The van der Waals surface area contributed by atoms with Gasteiger partial charge < -0.3 is 26.0 Å². The fourth-order valence-electron chi connectivity index (χ4n) is 5.58. The number of nitrogens with two attached hydrogens (primary N) is 1. The third-order valence-corrected chi connectivity index (χ3v) is 10.7. The maximum absolute atomic E-state index is 14.1. The van der Waals surface area contributed by atoms with Gasteiger partial charge in [-0.25, -0.2) is 18.2 Å². The molecule has 0 unspecified atom stereocenters. The summed E-state index contributed by atoms with van der Waals surface area (Å²) in [5.74, 6) is -1.37. The molecule has 2 aromatic heterocycles. The Morgan fingerprint density at radius 1 is 1.08 bits per heavy atom. The normalized spacial score (nSPS) is 14.0. The molecule has 15 heteroatoms. The summed E-state index contributed by atoms with van der Waals surface area (Å²) in [6.07, 6.45) is 0.0754. The molecule has 49 heavy (non-hydrogen) atoms. The Morgan fingerprint density at radius 3 is 2.37 bits per heavy atom. The van der Waals surface area contributed by atoms with Crippen LogP contribution in [0.5, 0.6) is 5.88 Å². The highest BCUT2D eigenvalue weighted by molar-refractivity contribution is 7.89. The molecule has 4 aromatic rings. The molecule has 1 amide bonds. The zero-order chi connectivity index (χ0) is 35.9. The van der Waals surface area contributed by atoms with E-state index >= 15 is 0 Å².